The maximum absolute atomic E-state index is 6.23. The third-order valence-corrected chi connectivity index (χ3v) is 3.52. The molecule has 0 aliphatic heterocycles. The molecule has 0 radical (unpaired) electrons. The zero-order chi connectivity index (χ0) is 9.03. The number of unbranched alkanes of at least 4 members (excludes halogenated alkanes) is 3. The topological polar surface area (TPSA) is 26.0 Å². The highest BCUT2D eigenvalue weighted by molar-refractivity contribution is 4.97. The van der Waals surface area contributed by atoms with E-state index in [1.807, 2.05) is 0 Å². The molecule has 2 unspecified atom stereocenters. The van der Waals surface area contributed by atoms with Crippen molar-refractivity contribution in [2.24, 2.45) is 11.7 Å². The largest absolute Gasteiger partial charge is 0.325 e. The third kappa shape index (κ3) is 2.22. The maximum atomic E-state index is 6.23. The summed E-state index contributed by atoms with van der Waals surface area (Å²) in [6, 6.07) is 0. The molecule has 1 aliphatic rings. The molecule has 0 saturated heterocycles. The van der Waals surface area contributed by atoms with Crippen LogP contribution in [0.4, 0.5) is 0 Å². The van der Waals surface area contributed by atoms with Gasteiger partial charge in [0.1, 0.15) is 0 Å². The van der Waals surface area contributed by atoms with Gasteiger partial charge in [-0.2, -0.15) is 0 Å². The second-order valence-corrected chi connectivity index (χ2v) is 4.48. The summed E-state index contributed by atoms with van der Waals surface area (Å²) in [6.07, 6.45) is 9.30. The second-order valence-electron chi connectivity index (χ2n) is 4.48. The van der Waals surface area contributed by atoms with E-state index in [-0.39, 0.29) is 5.54 Å². The molecule has 1 rings (SSSR count). The lowest BCUT2D eigenvalue weighted by Gasteiger charge is -2.45. The van der Waals surface area contributed by atoms with E-state index in [2.05, 4.69) is 13.8 Å². The van der Waals surface area contributed by atoms with Crippen LogP contribution in [-0.2, 0) is 0 Å². The Hall–Kier alpha value is -0.0400. The average molecular weight is 169 g/mol. The van der Waals surface area contributed by atoms with Gasteiger partial charge in [0.05, 0.1) is 0 Å². The van der Waals surface area contributed by atoms with Crippen molar-refractivity contribution < 1.29 is 0 Å². The minimum Gasteiger partial charge on any atom is -0.325 e. The Morgan fingerprint density at radius 3 is 2.50 bits per heavy atom. The minimum absolute atomic E-state index is 0.230. The van der Waals surface area contributed by atoms with Gasteiger partial charge in [-0.25, -0.2) is 0 Å². The summed E-state index contributed by atoms with van der Waals surface area (Å²) >= 11 is 0. The zero-order valence-electron chi connectivity index (χ0n) is 8.60. The smallest absolute Gasteiger partial charge is 0.0180 e. The van der Waals surface area contributed by atoms with E-state index in [4.69, 9.17) is 5.73 Å². The number of nitrogens with two attached hydrogens (primary N) is 1. The molecule has 12 heavy (non-hydrogen) atoms. The lowest BCUT2D eigenvalue weighted by Crippen LogP contribution is -2.53. The predicted octanol–water partition coefficient (Wildman–Crippen LogP) is 3.08. The number of hydrogen-bond acceptors (Lipinski definition) is 1. The molecule has 0 aromatic carbocycles. The van der Waals surface area contributed by atoms with Gasteiger partial charge in [-0.15, -0.1) is 0 Å². The van der Waals surface area contributed by atoms with Gasteiger partial charge in [0.25, 0.3) is 0 Å². The monoisotopic (exact) mass is 169 g/mol. The molecule has 1 fully saturated rings. The van der Waals surface area contributed by atoms with Crippen LogP contribution in [0.15, 0.2) is 0 Å². The Labute approximate surface area is 76.7 Å². The first-order chi connectivity index (χ1) is 5.69. The van der Waals surface area contributed by atoms with Crippen molar-refractivity contribution in [2.45, 2.75) is 64.3 Å². The Bertz CT molecular complexity index is 133. The summed E-state index contributed by atoms with van der Waals surface area (Å²) < 4.78 is 0. The van der Waals surface area contributed by atoms with Crippen LogP contribution in [0.1, 0.15) is 58.8 Å². The quantitative estimate of drug-likeness (QED) is 0.629. The van der Waals surface area contributed by atoms with E-state index in [9.17, 15) is 0 Å². The van der Waals surface area contributed by atoms with Crippen LogP contribution >= 0.6 is 0 Å². The number of rotatable bonds is 5. The van der Waals surface area contributed by atoms with Crippen LogP contribution in [0.5, 0.6) is 0 Å². The summed E-state index contributed by atoms with van der Waals surface area (Å²) in [5.74, 6) is 0.777. The molecule has 0 bridgehead atoms. The van der Waals surface area contributed by atoms with Crippen LogP contribution < -0.4 is 5.73 Å². The lowest BCUT2D eigenvalue weighted by atomic mass is 9.66. The van der Waals surface area contributed by atoms with Gasteiger partial charge in [0.2, 0.25) is 0 Å². The van der Waals surface area contributed by atoms with Crippen LogP contribution in [0.25, 0.3) is 0 Å². The summed E-state index contributed by atoms with van der Waals surface area (Å²) in [6.45, 7) is 4.55. The van der Waals surface area contributed by atoms with E-state index in [1.165, 1.54) is 44.9 Å². The van der Waals surface area contributed by atoms with Crippen molar-refractivity contribution in [1.82, 2.24) is 0 Å². The zero-order valence-corrected chi connectivity index (χ0v) is 8.60. The van der Waals surface area contributed by atoms with E-state index in [1.54, 1.807) is 0 Å². The van der Waals surface area contributed by atoms with Crippen LogP contribution in [-0.4, -0.2) is 5.54 Å². The first kappa shape index (κ1) is 10.0. The van der Waals surface area contributed by atoms with Crippen molar-refractivity contribution in [3.05, 3.63) is 0 Å². The van der Waals surface area contributed by atoms with Crippen LogP contribution in [0, 0.1) is 5.92 Å². The van der Waals surface area contributed by atoms with Crippen molar-refractivity contribution >= 4 is 0 Å². The standard InChI is InChI=1S/C11H23N/c1-3-4-5-6-8-11(12)9-7-10(11)2/h10H,3-9,12H2,1-2H3. The fourth-order valence-electron chi connectivity index (χ4n) is 2.06. The molecular formula is C11H23N. The summed E-state index contributed by atoms with van der Waals surface area (Å²) in [7, 11) is 0. The summed E-state index contributed by atoms with van der Waals surface area (Å²) in [5, 5.41) is 0. The molecule has 1 heteroatoms. The van der Waals surface area contributed by atoms with E-state index >= 15 is 0 Å². The van der Waals surface area contributed by atoms with Crippen molar-refractivity contribution in [3.8, 4) is 0 Å². The van der Waals surface area contributed by atoms with Crippen LogP contribution in [0.3, 0.4) is 0 Å². The van der Waals surface area contributed by atoms with E-state index < -0.39 is 0 Å². The highest BCUT2D eigenvalue weighted by atomic mass is 14.8. The van der Waals surface area contributed by atoms with Gasteiger partial charge < -0.3 is 5.73 Å². The molecule has 0 aromatic rings. The molecule has 2 atom stereocenters. The fourth-order valence-corrected chi connectivity index (χ4v) is 2.06. The molecule has 2 N–H and O–H groups in total. The fraction of sp³-hybridized carbons (Fsp3) is 1.00. The Morgan fingerprint density at radius 1 is 1.33 bits per heavy atom. The predicted molar refractivity (Wildman–Crippen MR) is 54.1 cm³/mol. The molecule has 0 amide bonds. The summed E-state index contributed by atoms with van der Waals surface area (Å²) in [4.78, 5) is 0. The Balaban J connectivity index is 2.06. The van der Waals surface area contributed by atoms with Gasteiger partial charge in [-0.3, -0.25) is 0 Å². The van der Waals surface area contributed by atoms with E-state index in [0.29, 0.717) is 0 Å². The molecule has 0 aromatic heterocycles. The van der Waals surface area contributed by atoms with Crippen LogP contribution in [0.2, 0.25) is 0 Å². The molecule has 0 heterocycles. The van der Waals surface area contributed by atoms with Crippen molar-refractivity contribution in [3.63, 3.8) is 0 Å². The Morgan fingerprint density at radius 2 is 2.08 bits per heavy atom. The lowest BCUT2D eigenvalue weighted by molar-refractivity contribution is 0.129. The average Bonchev–Trinajstić information content (AvgIpc) is 2.09. The van der Waals surface area contributed by atoms with Gasteiger partial charge in [0, 0.05) is 5.54 Å². The molecule has 1 saturated carbocycles. The van der Waals surface area contributed by atoms with Crippen molar-refractivity contribution in [2.75, 3.05) is 0 Å². The minimum atomic E-state index is 0.230. The second kappa shape index (κ2) is 4.27. The van der Waals surface area contributed by atoms with Crippen molar-refractivity contribution in [1.29, 1.82) is 0 Å². The third-order valence-electron chi connectivity index (χ3n) is 3.52. The highest BCUT2D eigenvalue weighted by Crippen LogP contribution is 2.39. The molecule has 1 aliphatic carbocycles. The first-order valence-corrected chi connectivity index (χ1v) is 5.48. The highest BCUT2D eigenvalue weighted by Gasteiger charge is 2.39. The molecule has 0 spiro atoms. The SMILES string of the molecule is CCCCCCC1(N)CCC1C. The first-order valence-electron chi connectivity index (χ1n) is 5.48. The van der Waals surface area contributed by atoms with Gasteiger partial charge in [-0.05, 0) is 25.2 Å². The molecule has 1 nitrogen and oxygen atoms in total. The maximum Gasteiger partial charge on any atom is 0.0180 e. The summed E-state index contributed by atoms with van der Waals surface area (Å²) in [5.41, 5.74) is 6.46. The normalized spacial score (nSPS) is 34.8. The number of hydrogen-bond donors (Lipinski definition) is 1. The Kier molecular flexibility index (Phi) is 3.57. The van der Waals surface area contributed by atoms with E-state index in [0.717, 1.165) is 5.92 Å². The van der Waals surface area contributed by atoms with Gasteiger partial charge in [-0.1, -0.05) is 39.5 Å². The molecule has 72 valence electrons. The molecular weight excluding hydrogens is 146 g/mol. The van der Waals surface area contributed by atoms with Gasteiger partial charge >= 0.3 is 0 Å². The van der Waals surface area contributed by atoms with Gasteiger partial charge in [0.15, 0.2) is 0 Å².